The van der Waals surface area contributed by atoms with Crippen LogP contribution >= 0.6 is 0 Å². The first kappa shape index (κ1) is 26.0. The van der Waals surface area contributed by atoms with Gasteiger partial charge in [0, 0.05) is 39.1 Å². The molecule has 0 saturated carbocycles. The van der Waals surface area contributed by atoms with Crippen LogP contribution in [0.1, 0.15) is 34.3 Å². The maximum Gasteiger partial charge on any atom is 0.416 e. The van der Waals surface area contributed by atoms with Gasteiger partial charge in [-0.15, -0.1) is 0 Å². The molecule has 0 radical (unpaired) electrons. The highest BCUT2D eigenvalue weighted by molar-refractivity contribution is 7.86. The van der Waals surface area contributed by atoms with Gasteiger partial charge in [-0.1, -0.05) is 30.3 Å². The summed E-state index contributed by atoms with van der Waals surface area (Å²) in [6.45, 7) is 0.267. The minimum Gasteiger partial charge on any atom is -0.496 e. The van der Waals surface area contributed by atoms with Crippen LogP contribution in [0.5, 0.6) is 5.75 Å². The van der Waals surface area contributed by atoms with E-state index >= 15 is 0 Å². The lowest BCUT2D eigenvalue weighted by atomic mass is 9.72. The largest absolute Gasteiger partial charge is 0.496 e. The Morgan fingerprint density at radius 2 is 1.76 bits per heavy atom. The van der Waals surface area contributed by atoms with Crippen LogP contribution in [0.25, 0.3) is 0 Å². The minimum atomic E-state index is -4.52. The number of nitrogens with one attached hydrogen (secondary N) is 1. The third kappa shape index (κ3) is 5.37. The van der Waals surface area contributed by atoms with Crippen molar-refractivity contribution in [3.05, 3.63) is 65.2 Å². The fourth-order valence-corrected chi connectivity index (χ4v) is 5.25. The number of carbonyl (C=O) groups excluding carboxylic acids is 1. The second-order valence-corrected chi connectivity index (χ2v) is 10.6. The smallest absolute Gasteiger partial charge is 0.416 e. The summed E-state index contributed by atoms with van der Waals surface area (Å²) in [7, 11) is 0.633. The van der Waals surface area contributed by atoms with Crippen LogP contribution in [0.2, 0.25) is 0 Å². The van der Waals surface area contributed by atoms with Crippen LogP contribution in [0, 0.1) is 0 Å². The number of amides is 1. The lowest BCUT2D eigenvalue weighted by Gasteiger charge is -2.42. The van der Waals surface area contributed by atoms with Crippen LogP contribution in [0.4, 0.5) is 13.2 Å². The standard InChI is InChI=1S/C23H28F3N3O4S/c1-28(2)34(31,32)29-13-11-22(12-14-29,17-7-6-8-18(15-17)23(24,25)26)16-27-21(30)19-9-4-5-10-20(19)33-3/h4-10,15H,11-14,16H2,1-3H3,(H,27,30). The number of benzene rings is 2. The molecule has 2 aromatic carbocycles. The SMILES string of the molecule is COc1ccccc1C(=O)NCC1(c2cccc(C(F)(F)F)c2)CCN(S(=O)(=O)N(C)C)CC1. The maximum absolute atomic E-state index is 13.4. The first-order valence-electron chi connectivity index (χ1n) is 10.7. The summed E-state index contributed by atoms with van der Waals surface area (Å²) >= 11 is 0. The fraction of sp³-hybridized carbons (Fsp3) is 0.435. The Labute approximate surface area is 197 Å². The summed E-state index contributed by atoms with van der Waals surface area (Å²) in [4.78, 5) is 12.9. The van der Waals surface area contributed by atoms with Crippen molar-refractivity contribution >= 4 is 16.1 Å². The van der Waals surface area contributed by atoms with E-state index in [9.17, 15) is 26.4 Å². The van der Waals surface area contributed by atoms with Crippen molar-refractivity contribution in [1.29, 1.82) is 0 Å². The van der Waals surface area contributed by atoms with Crippen molar-refractivity contribution in [3.63, 3.8) is 0 Å². The Hall–Kier alpha value is -2.63. The molecule has 1 aliphatic heterocycles. The molecule has 1 fully saturated rings. The highest BCUT2D eigenvalue weighted by Crippen LogP contribution is 2.39. The second kappa shape index (κ2) is 9.93. The number of piperidine rings is 1. The summed E-state index contributed by atoms with van der Waals surface area (Å²) in [5, 5.41) is 2.84. The van der Waals surface area contributed by atoms with Gasteiger partial charge in [-0.2, -0.15) is 30.2 Å². The molecule has 1 amide bonds. The van der Waals surface area contributed by atoms with Crippen molar-refractivity contribution in [3.8, 4) is 5.75 Å². The zero-order valence-electron chi connectivity index (χ0n) is 19.2. The molecule has 11 heteroatoms. The van der Waals surface area contributed by atoms with Gasteiger partial charge in [0.2, 0.25) is 0 Å². The van der Waals surface area contributed by atoms with E-state index in [0.717, 1.165) is 16.4 Å². The van der Waals surface area contributed by atoms with Crippen LogP contribution in [0.3, 0.4) is 0 Å². The van der Waals surface area contributed by atoms with Gasteiger partial charge in [0.25, 0.3) is 16.1 Å². The molecule has 0 spiro atoms. The van der Waals surface area contributed by atoms with Gasteiger partial charge in [0.15, 0.2) is 0 Å². The van der Waals surface area contributed by atoms with Gasteiger partial charge in [-0.05, 0) is 36.6 Å². The monoisotopic (exact) mass is 499 g/mol. The molecule has 3 rings (SSSR count). The third-order valence-electron chi connectivity index (χ3n) is 6.21. The molecular formula is C23H28F3N3O4S. The van der Waals surface area contributed by atoms with Crippen molar-refractivity contribution in [1.82, 2.24) is 13.9 Å². The predicted octanol–water partition coefficient (Wildman–Crippen LogP) is 3.28. The van der Waals surface area contributed by atoms with E-state index in [1.54, 1.807) is 30.3 Å². The molecule has 1 aliphatic rings. The maximum atomic E-state index is 13.4. The minimum absolute atomic E-state index is 0.0427. The Morgan fingerprint density at radius 3 is 2.35 bits per heavy atom. The van der Waals surface area contributed by atoms with Crippen LogP contribution < -0.4 is 10.1 Å². The molecule has 0 atom stereocenters. The van der Waals surface area contributed by atoms with Gasteiger partial charge < -0.3 is 10.1 Å². The first-order chi connectivity index (χ1) is 15.9. The molecule has 1 saturated heterocycles. The molecule has 34 heavy (non-hydrogen) atoms. The number of methoxy groups -OCH3 is 1. The molecule has 186 valence electrons. The Kier molecular flexibility index (Phi) is 7.59. The summed E-state index contributed by atoms with van der Waals surface area (Å²) in [5.74, 6) is -0.0489. The summed E-state index contributed by atoms with van der Waals surface area (Å²) in [6.07, 6.45) is -4.03. The Balaban J connectivity index is 1.92. The fourth-order valence-electron chi connectivity index (χ4n) is 4.15. The Morgan fingerprint density at radius 1 is 1.12 bits per heavy atom. The zero-order valence-corrected chi connectivity index (χ0v) is 20.0. The lowest BCUT2D eigenvalue weighted by Crippen LogP contribution is -2.52. The van der Waals surface area contributed by atoms with E-state index < -0.39 is 33.3 Å². The molecule has 1 N–H and O–H groups in total. The zero-order chi connectivity index (χ0) is 25.1. The Bertz CT molecular complexity index is 1130. The molecule has 0 aliphatic carbocycles. The van der Waals surface area contributed by atoms with Crippen molar-refractivity contribution < 1.29 is 31.1 Å². The molecule has 0 bridgehead atoms. The third-order valence-corrected chi connectivity index (χ3v) is 8.15. The van der Waals surface area contributed by atoms with Crippen LogP contribution in [-0.2, 0) is 21.8 Å². The number of hydrogen-bond donors (Lipinski definition) is 1. The van der Waals surface area contributed by atoms with Crippen LogP contribution in [-0.4, -0.2) is 63.8 Å². The molecule has 2 aromatic rings. The summed E-state index contributed by atoms with van der Waals surface area (Å²) in [6, 6.07) is 11.7. The highest BCUT2D eigenvalue weighted by atomic mass is 32.2. The second-order valence-electron chi connectivity index (χ2n) is 8.43. The number of alkyl halides is 3. The van der Waals surface area contributed by atoms with Crippen molar-refractivity contribution in [2.75, 3.05) is 40.8 Å². The van der Waals surface area contributed by atoms with E-state index in [-0.39, 0.29) is 32.5 Å². The van der Waals surface area contributed by atoms with Gasteiger partial charge >= 0.3 is 6.18 Å². The summed E-state index contributed by atoms with van der Waals surface area (Å²) in [5.41, 5.74) is -0.956. The highest BCUT2D eigenvalue weighted by Gasteiger charge is 2.41. The number of hydrogen-bond acceptors (Lipinski definition) is 4. The van der Waals surface area contributed by atoms with E-state index in [2.05, 4.69) is 5.32 Å². The molecular weight excluding hydrogens is 471 g/mol. The van der Waals surface area contributed by atoms with Crippen molar-refractivity contribution in [2.45, 2.75) is 24.4 Å². The van der Waals surface area contributed by atoms with Gasteiger partial charge in [-0.25, -0.2) is 0 Å². The first-order valence-corrected chi connectivity index (χ1v) is 12.1. The van der Waals surface area contributed by atoms with Crippen LogP contribution in [0.15, 0.2) is 48.5 Å². The molecule has 7 nitrogen and oxygen atoms in total. The normalized spacial score (nSPS) is 16.9. The predicted molar refractivity (Wildman–Crippen MR) is 122 cm³/mol. The average molecular weight is 500 g/mol. The number of nitrogens with zero attached hydrogens (tertiary/aromatic N) is 2. The van der Waals surface area contributed by atoms with Gasteiger partial charge in [-0.3, -0.25) is 4.79 Å². The van der Waals surface area contributed by atoms with E-state index in [1.807, 2.05) is 0 Å². The lowest BCUT2D eigenvalue weighted by molar-refractivity contribution is -0.137. The van der Waals surface area contributed by atoms with Gasteiger partial charge in [0.1, 0.15) is 5.75 Å². The van der Waals surface area contributed by atoms with Gasteiger partial charge in [0.05, 0.1) is 18.2 Å². The van der Waals surface area contributed by atoms with E-state index in [0.29, 0.717) is 16.9 Å². The number of carbonyl (C=O) groups is 1. The number of ether oxygens (including phenoxy) is 1. The molecule has 0 unspecified atom stereocenters. The number of para-hydroxylation sites is 1. The van der Waals surface area contributed by atoms with E-state index in [1.165, 1.54) is 31.6 Å². The van der Waals surface area contributed by atoms with Crippen molar-refractivity contribution in [2.24, 2.45) is 0 Å². The van der Waals surface area contributed by atoms with E-state index in [4.69, 9.17) is 4.74 Å². The quantitative estimate of drug-likeness (QED) is 0.634. The number of halogens is 3. The topological polar surface area (TPSA) is 79.0 Å². The summed E-state index contributed by atoms with van der Waals surface area (Å²) < 4.78 is 73.0. The number of rotatable bonds is 7. The molecule has 0 aromatic heterocycles. The average Bonchev–Trinajstić information content (AvgIpc) is 2.82. The molecule has 1 heterocycles.